The number of anilines is 2. The van der Waals surface area contributed by atoms with Crippen LogP contribution in [0.25, 0.3) is 22.2 Å². The minimum Gasteiger partial charge on any atom is -0.495 e. The van der Waals surface area contributed by atoms with E-state index in [4.69, 9.17) is 20.7 Å². The van der Waals surface area contributed by atoms with E-state index in [0.717, 1.165) is 37.3 Å². The summed E-state index contributed by atoms with van der Waals surface area (Å²) in [5, 5.41) is 20.3. The Morgan fingerprint density at radius 1 is 1.11 bits per heavy atom. The van der Waals surface area contributed by atoms with Crippen molar-refractivity contribution in [2.75, 3.05) is 24.7 Å². The number of ether oxygens (including phenoxy) is 1. The van der Waals surface area contributed by atoms with Crippen molar-refractivity contribution in [1.29, 1.82) is 0 Å². The molecule has 2 heterocycles. The maximum atomic E-state index is 14.4. The number of hydrogen-bond acceptors (Lipinski definition) is 7. The predicted octanol–water partition coefficient (Wildman–Crippen LogP) is 5.65. The molecule has 0 bridgehead atoms. The summed E-state index contributed by atoms with van der Waals surface area (Å²) >= 11 is 0. The molecule has 4 aromatic rings. The van der Waals surface area contributed by atoms with E-state index in [1.54, 1.807) is 18.3 Å². The maximum Gasteiger partial charge on any atom is 0.416 e. The molecule has 14 heteroatoms. The number of carbonyl (C=O) groups excluding carboxylic acids is 1. The second-order valence-corrected chi connectivity index (χ2v) is 10.5. The summed E-state index contributed by atoms with van der Waals surface area (Å²) in [5.41, 5.74) is 6.66. The highest BCUT2D eigenvalue weighted by atomic mass is 19.4. The minimum absolute atomic E-state index is 0.0667. The van der Waals surface area contributed by atoms with Gasteiger partial charge in [-0.05, 0) is 62.1 Å². The molecule has 232 valence electrons. The summed E-state index contributed by atoms with van der Waals surface area (Å²) in [5.74, 6) is -2.60. The molecule has 44 heavy (non-hydrogen) atoms. The highest BCUT2D eigenvalue weighted by Gasteiger charge is 2.32. The van der Waals surface area contributed by atoms with Gasteiger partial charge in [-0.1, -0.05) is 6.07 Å². The number of nitrogens with two attached hydrogens (primary N) is 1. The number of pyridine rings is 1. The maximum absolute atomic E-state index is 14.4. The van der Waals surface area contributed by atoms with Crippen molar-refractivity contribution in [3.8, 4) is 17.0 Å². The third kappa shape index (κ3) is 6.44. The zero-order chi connectivity index (χ0) is 31.6. The van der Waals surface area contributed by atoms with Crippen LogP contribution in [-0.4, -0.2) is 51.4 Å². The Kier molecular flexibility index (Phi) is 8.72. The molecule has 2 aromatic heterocycles. The summed E-state index contributed by atoms with van der Waals surface area (Å²) in [6.07, 6.45) is 0.267. The number of nitrogen functional groups attached to an aromatic ring is 1. The number of halogens is 4. The lowest BCUT2D eigenvalue weighted by atomic mass is 9.91. The zero-order valence-electron chi connectivity index (χ0n) is 23.6. The largest absolute Gasteiger partial charge is 0.495 e. The summed E-state index contributed by atoms with van der Waals surface area (Å²) in [7, 11) is 1.38. The van der Waals surface area contributed by atoms with Gasteiger partial charge in [-0.25, -0.2) is 9.37 Å². The van der Waals surface area contributed by atoms with Gasteiger partial charge < -0.3 is 26.2 Å². The number of methoxy groups -OCH3 is 1. The van der Waals surface area contributed by atoms with E-state index in [-0.39, 0.29) is 41.8 Å². The van der Waals surface area contributed by atoms with Gasteiger partial charge in [0.05, 0.1) is 47.3 Å². The number of benzene rings is 2. The number of fused-ring (bicyclic) bond motifs is 1. The van der Waals surface area contributed by atoms with Gasteiger partial charge in [0.2, 0.25) is 0 Å². The number of carboxylic acids is 1. The number of hydrogen-bond donors (Lipinski definition) is 4. The SMILES string of the molecule is COc1cc(-c2nn(C3CCC(NCCC(=O)O)CC3)c3ccnc(N)c23)ccc1NC(=O)c1ccc(C(F)(F)F)cc1F. The van der Waals surface area contributed by atoms with E-state index in [9.17, 15) is 27.2 Å². The molecular weight excluding hydrogens is 584 g/mol. The van der Waals surface area contributed by atoms with E-state index in [1.807, 2.05) is 10.7 Å². The molecule has 1 fully saturated rings. The van der Waals surface area contributed by atoms with Gasteiger partial charge in [0.15, 0.2) is 0 Å². The fraction of sp³-hybridized carbons (Fsp3) is 0.333. The summed E-state index contributed by atoms with van der Waals surface area (Å²) in [6.45, 7) is 0.416. The Morgan fingerprint density at radius 2 is 1.86 bits per heavy atom. The standard InChI is InChI=1S/C30H30F4N6O4/c1-44-24-14-16(2-9-22(24)38-29(43)20-8-3-17(15-21(20)31)30(32,33)34)27-26-23(10-12-37-28(26)35)40(39-27)19-6-4-18(5-7-19)36-13-11-25(41)42/h2-3,8-10,12,14-15,18-19,36H,4-7,11,13H2,1H3,(H2,35,37)(H,38,43)(H,41,42). The highest BCUT2D eigenvalue weighted by molar-refractivity contribution is 6.06. The number of aliphatic carboxylic acids is 1. The van der Waals surface area contributed by atoms with Crippen LogP contribution in [0, 0.1) is 5.82 Å². The van der Waals surface area contributed by atoms with Gasteiger partial charge in [0.25, 0.3) is 5.91 Å². The third-order valence-corrected chi connectivity index (χ3v) is 7.73. The van der Waals surface area contributed by atoms with Crippen molar-refractivity contribution in [3.63, 3.8) is 0 Å². The van der Waals surface area contributed by atoms with Crippen molar-refractivity contribution >= 4 is 34.3 Å². The molecule has 10 nitrogen and oxygen atoms in total. The van der Waals surface area contributed by atoms with Gasteiger partial charge in [-0.3, -0.25) is 14.3 Å². The van der Waals surface area contributed by atoms with E-state index >= 15 is 0 Å². The van der Waals surface area contributed by atoms with Crippen molar-refractivity contribution in [2.24, 2.45) is 0 Å². The number of carbonyl (C=O) groups is 2. The van der Waals surface area contributed by atoms with Crippen LogP contribution in [0.2, 0.25) is 0 Å². The Morgan fingerprint density at radius 3 is 2.52 bits per heavy atom. The Hall–Kier alpha value is -4.72. The molecule has 0 saturated heterocycles. The number of amides is 1. The number of rotatable bonds is 9. The molecule has 1 aliphatic carbocycles. The molecule has 1 amide bonds. The number of nitrogens with one attached hydrogen (secondary N) is 2. The summed E-state index contributed by atoms with van der Waals surface area (Å²) in [6, 6.07) is 8.65. The molecule has 0 radical (unpaired) electrons. The van der Waals surface area contributed by atoms with Gasteiger partial charge in [-0.2, -0.15) is 18.3 Å². The summed E-state index contributed by atoms with van der Waals surface area (Å²) < 4.78 is 60.6. The predicted molar refractivity (Wildman–Crippen MR) is 155 cm³/mol. The third-order valence-electron chi connectivity index (χ3n) is 7.73. The van der Waals surface area contributed by atoms with Crippen LogP contribution >= 0.6 is 0 Å². The first kappa shape index (κ1) is 30.7. The first-order valence-corrected chi connectivity index (χ1v) is 13.9. The van der Waals surface area contributed by atoms with Crippen molar-refractivity contribution in [1.82, 2.24) is 20.1 Å². The first-order valence-electron chi connectivity index (χ1n) is 13.9. The summed E-state index contributed by atoms with van der Waals surface area (Å²) in [4.78, 5) is 27.8. The van der Waals surface area contributed by atoms with Crippen molar-refractivity contribution in [2.45, 2.75) is 50.4 Å². The van der Waals surface area contributed by atoms with Crippen LogP contribution in [-0.2, 0) is 11.0 Å². The van der Waals surface area contributed by atoms with Crippen LogP contribution in [0.4, 0.5) is 29.1 Å². The second kappa shape index (κ2) is 12.5. The fourth-order valence-corrected chi connectivity index (χ4v) is 5.51. The molecule has 1 saturated carbocycles. The molecule has 5 rings (SSSR count). The minimum atomic E-state index is -4.75. The van der Waals surface area contributed by atoms with Crippen molar-refractivity contribution in [3.05, 3.63) is 65.6 Å². The molecule has 5 N–H and O–H groups in total. The number of carboxylic acid groups (broad SMARTS) is 1. The number of alkyl halides is 3. The van der Waals surface area contributed by atoms with Gasteiger partial charge in [0.1, 0.15) is 23.1 Å². The molecule has 0 atom stereocenters. The van der Waals surface area contributed by atoms with E-state index in [0.29, 0.717) is 29.3 Å². The van der Waals surface area contributed by atoms with E-state index in [2.05, 4.69) is 15.6 Å². The Bertz CT molecular complexity index is 1700. The molecule has 0 unspecified atom stereocenters. The number of aromatic nitrogens is 3. The van der Waals surface area contributed by atoms with Gasteiger partial charge >= 0.3 is 12.1 Å². The first-order chi connectivity index (χ1) is 21.0. The van der Waals surface area contributed by atoms with Gasteiger partial charge in [-0.15, -0.1) is 0 Å². The Balaban J connectivity index is 1.39. The zero-order valence-corrected chi connectivity index (χ0v) is 23.6. The van der Waals surface area contributed by atoms with E-state index < -0.39 is 35.0 Å². The Labute approximate surface area is 249 Å². The lowest BCUT2D eigenvalue weighted by molar-refractivity contribution is -0.138. The lowest BCUT2D eigenvalue weighted by Crippen LogP contribution is -2.35. The average molecular weight is 615 g/mol. The van der Waals surface area contributed by atoms with Crippen LogP contribution in [0.1, 0.15) is 54.1 Å². The molecule has 1 aliphatic rings. The van der Waals surface area contributed by atoms with Crippen LogP contribution in [0.15, 0.2) is 48.7 Å². The van der Waals surface area contributed by atoms with Crippen LogP contribution in [0.3, 0.4) is 0 Å². The fourth-order valence-electron chi connectivity index (χ4n) is 5.51. The van der Waals surface area contributed by atoms with Crippen LogP contribution in [0.5, 0.6) is 5.75 Å². The molecular formula is C30H30F4N6O4. The van der Waals surface area contributed by atoms with E-state index in [1.165, 1.54) is 13.2 Å². The number of nitrogens with zero attached hydrogens (tertiary/aromatic N) is 3. The smallest absolute Gasteiger partial charge is 0.416 e. The topological polar surface area (TPSA) is 144 Å². The molecule has 0 spiro atoms. The van der Waals surface area contributed by atoms with Crippen molar-refractivity contribution < 1.29 is 37.0 Å². The lowest BCUT2D eigenvalue weighted by Gasteiger charge is -2.29. The van der Waals surface area contributed by atoms with Crippen LogP contribution < -0.4 is 21.1 Å². The second-order valence-electron chi connectivity index (χ2n) is 10.5. The quantitative estimate of drug-likeness (QED) is 0.177. The average Bonchev–Trinajstić information content (AvgIpc) is 3.38. The molecule has 0 aliphatic heterocycles. The highest BCUT2D eigenvalue weighted by Crippen LogP contribution is 2.39. The molecule has 2 aromatic carbocycles. The van der Waals surface area contributed by atoms with Gasteiger partial charge in [0, 0.05) is 24.3 Å². The normalized spacial score (nSPS) is 17.0. The monoisotopic (exact) mass is 614 g/mol.